The van der Waals surface area contributed by atoms with Gasteiger partial charge in [-0.2, -0.15) is 0 Å². The van der Waals surface area contributed by atoms with Crippen LogP contribution in [-0.2, 0) is 12.0 Å². The van der Waals surface area contributed by atoms with Crippen LogP contribution in [0.3, 0.4) is 0 Å². The van der Waals surface area contributed by atoms with Crippen molar-refractivity contribution in [1.82, 2.24) is 5.32 Å². The molecular formula is C22H23N3O4S. The first kappa shape index (κ1) is 20.3. The van der Waals surface area contributed by atoms with Gasteiger partial charge in [0.2, 0.25) is 5.43 Å². The Morgan fingerprint density at radius 3 is 2.60 bits per heavy atom. The van der Waals surface area contributed by atoms with E-state index < -0.39 is 22.8 Å². The van der Waals surface area contributed by atoms with E-state index in [4.69, 9.17) is 10.2 Å². The van der Waals surface area contributed by atoms with Gasteiger partial charge in [0.15, 0.2) is 0 Å². The van der Waals surface area contributed by atoms with Crippen LogP contribution >= 0.6 is 11.3 Å². The number of carbonyl (C=O) groups is 2. The van der Waals surface area contributed by atoms with Crippen LogP contribution in [0.5, 0.6) is 0 Å². The Labute approximate surface area is 177 Å². The second-order valence-corrected chi connectivity index (χ2v) is 9.74. The van der Waals surface area contributed by atoms with Crippen molar-refractivity contribution < 1.29 is 14.0 Å². The van der Waals surface area contributed by atoms with E-state index in [0.717, 1.165) is 16.7 Å². The molecule has 1 aliphatic rings. The SMILES string of the molecule is CC1(C)Cc2c(sc(NC(=O)c3coc4ccccc4c3=O)c2C(N)=O)C(C)(C)N1. The molecule has 0 aliphatic carbocycles. The summed E-state index contributed by atoms with van der Waals surface area (Å²) in [5.74, 6) is -1.25. The first-order valence-corrected chi connectivity index (χ1v) is 10.4. The molecule has 0 bridgehead atoms. The van der Waals surface area contributed by atoms with Crippen LogP contribution in [0.25, 0.3) is 11.0 Å². The molecule has 2 aromatic heterocycles. The average Bonchev–Trinajstić information content (AvgIpc) is 2.99. The fourth-order valence-electron chi connectivity index (χ4n) is 4.28. The van der Waals surface area contributed by atoms with Gasteiger partial charge in [-0.15, -0.1) is 11.3 Å². The second kappa shape index (κ2) is 6.78. The fourth-order valence-corrected chi connectivity index (χ4v) is 5.56. The van der Waals surface area contributed by atoms with Crippen molar-refractivity contribution in [3.05, 3.63) is 62.3 Å². The van der Waals surface area contributed by atoms with Crippen molar-refractivity contribution in [3.8, 4) is 0 Å². The summed E-state index contributed by atoms with van der Waals surface area (Å²) < 4.78 is 5.44. The quantitative estimate of drug-likeness (QED) is 0.595. The topological polar surface area (TPSA) is 114 Å². The van der Waals surface area contributed by atoms with Crippen molar-refractivity contribution in [2.75, 3.05) is 5.32 Å². The number of rotatable bonds is 3. The molecule has 156 valence electrons. The van der Waals surface area contributed by atoms with E-state index in [2.05, 4.69) is 24.5 Å². The van der Waals surface area contributed by atoms with E-state index in [9.17, 15) is 14.4 Å². The van der Waals surface area contributed by atoms with Crippen LogP contribution in [0.4, 0.5) is 5.00 Å². The molecule has 1 aliphatic heterocycles. The smallest absolute Gasteiger partial charge is 0.263 e. The summed E-state index contributed by atoms with van der Waals surface area (Å²) >= 11 is 1.30. The first-order chi connectivity index (χ1) is 14.0. The number of nitrogens with two attached hydrogens (primary N) is 1. The van der Waals surface area contributed by atoms with E-state index in [1.165, 1.54) is 11.3 Å². The van der Waals surface area contributed by atoms with Crippen LogP contribution in [0.2, 0.25) is 0 Å². The highest BCUT2D eigenvalue weighted by Crippen LogP contribution is 2.44. The number of primary amides is 1. The number of para-hydroxylation sites is 1. The number of thiophene rings is 1. The predicted octanol–water partition coefficient (Wildman–Crippen LogP) is 3.37. The van der Waals surface area contributed by atoms with E-state index in [-0.39, 0.29) is 11.1 Å². The van der Waals surface area contributed by atoms with Gasteiger partial charge in [-0.05, 0) is 51.8 Å². The minimum Gasteiger partial charge on any atom is -0.463 e. The molecule has 0 spiro atoms. The van der Waals surface area contributed by atoms with Crippen molar-refractivity contribution in [2.45, 2.75) is 45.2 Å². The number of hydrogen-bond donors (Lipinski definition) is 3. The normalized spacial score (nSPS) is 16.8. The maximum atomic E-state index is 12.9. The molecule has 3 aromatic rings. The van der Waals surface area contributed by atoms with Gasteiger partial charge in [-0.3, -0.25) is 14.4 Å². The zero-order valence-corrected chi connectivity index (χ0v) is 18.0. The molecule has 0 fully saturated rings. The Kier molecular flexibility index (Phi) is 4.59. The van der Waals surface area contributed by atoms with Gasteiger partial charge >= 0.3 is 0 Å². The lowest BCUT2D eigenvalue weighted by molar-refractivity contribution is 0.0999. The molecule has 0 saturated carbocycles. The van der Waals surface area contributed by atoms with Crippen molar-refractivity contribution in [3.63, 3.8) is 0 Å². The Morgan fingerprint density at radius 1 is 1.20 bits per heavy atom. The minimum absolute atomic E-state index is 0.131. The summed E-state index contributed by atoms with van der Waals surface area (Å²) in [5.41, 5.74) is 6.02. The fraction of sp³-hybridized carbons (Fsp3) is 0.318. The number of hydrogen-bond acceptors (Lipinski definition) is 6. The highest BCUT2D eigenvalue weighted by Gasteiger charge is 2.41. The van der Waals surface area contributed by atoms with Crippen LogP contribution in [0.1, 0.15) is 58.9 Å². The zero-order valence-electron chi connectivity index (χ0n) is 17.2. The molecule has 7 nitrogen and oxygen atoms in total. The van der Waals surface area contributed by atoms with E-state index in [1.54, 1.807) is 24.3 Å². The molecular weight excluding hydrogens is 402 g/mol. The van der Waals surface area contributed by atoms with Gasteiger partial charge in [0.05, 0.1) is 10.9 Å². The van der Waals surface area contributed by atoms with Gasteiger partial charge in [0.1, 0.15) is 22.4 Å². The summed E-state index contributed by atoms with van der Waals surface area (Å²) in [6.45, 7) is 8.16. The number of benzene rings is 1. The van der Waals surface area contributed by atoms with Gasteiger partial charge < -0.3 is 20.8 Å². The Balaban J connectivity index is 1.79. The molecule has 8 heteroatoms. The molecule has 0 unspecified atom stereocenters. The van der Waals surface area contributed by atoms with E-state index in [0.29, 0.717) is 28.0 Å². The number of fused-ring (bicyclic) bond motifs is 2. The van der Waals surface area contributed by atoms with Crippen LogP contribution in [0, 0.1) is 0 Å². The third-order valence-electron chi connectivity index (χ3n) is 5.24. The predicted molar refractivity (Wildman–Crippen MR) is 117 cm³/mol. The summed E-state index contributed by atoms with van der Waals surface area (Å²) in [4.78, 5) is 38.9. The molecule has 30 heavy (non-hydrogen) atoms. The van der Waals surface area contributed by atoms with Crippen LogP contribution < -0.4 is 21.8 Å². The van der Waals surface area contributed by atoms with Gasteiger partial charge in [0.25, 0.3) is 11.8 Å². The molecule has 4 N–H and O–H groups in total. The van der Waals surface area contributed by atoms with Crippen molar-refractivity contribution in [2.24, 2.45) is 5.73 Å². The van der Waals surface area contributed by atoms with Gasteiger partial charge in [-0.25, -0.2) is 0 Å². The van der Waals surface area contributed by atoms with Crippen LogP contribution in [0.15, 0.2) is 39.7 Å². The average molecular weight is 426 g/mol. The molecule has 0 radical (unpaired) electrons. The third kappa shape index (κ3) is 3.32. The molecule has 1 aromatic carbocycles. The summed E-state index contributed by atoms with van der Waals surface area (Å²) in [6.07, 6.45) is 1.74. The van der Waals surface area contributed by atoms with E-state index >= 15 is 0 Å². The Hall–Kier alpha value is -2.97. The number of carbonyl (C=O) groups excluding carboxylic acids is 2. The highest BCUT2D eigenvalue weighted by molar-refractivity contribution is 7.17. The number of nitrogens with one attached hydrogen (secondary N) is 2. The largest absolute Gasteiger partial charge is 0.463 e. The van der Waals surface area contributed by atoms with Crippen molar-refractivity contribution >= 4 is 39.1 Å². The lowest BCUT2D eigenvalue weighted by atomic mass is 9.81. The molecule has 4 rings (SSSR count). The van der Waals surface area contributed by atoms with Crippen molar-refractivity contribution in [1.29, 1.82) is 0 Å². The highest BCUT2D eigenvalue weighted by atomic mass is 32.1. The Morgan fingerprint density at radius 2 is 1.90 bits per heavy atom. The lowest BCUT2D eigenvalue weighted by Crippen LogP contribution is -2.55. The Bertz CT molecular complexity index is 1250. The summed E-state index contributed by atoms with van der Waals surface area (Å²) in [6, 6.07) is 6.72. The molecule has 3 heterocycles. The molecule has 0 saturated heterocycles. The summed E-state index contributed by atoms with van der Waals surface area (Å²) in [7, 11) is 0. The van der Waals surface area contributed by atoms with Gasteiger partial charge in [-0.1, -0.05) is 12.1 Å². The number of amides is 2. The maximum absolute atomic E-state index is 12.9. The van der Waals surface area contributed by atoms with E-state index in [1.807, 2.05) is 13.8 Å². The maximum Gasteiger partial charge on any atom is 0.263 e. The lowest BCUT2D eigenvalue weighted by Gasteiger charge is -2.42. The zero-order chi connectivity index (χ0) is 21.8. The monoisotopic (exact) mass is 425 g/mol. The first-order valence-electron chi connectivity index (χ1n) is 9.57. The minimum atomic E-state index is -0.638. The third-order valence-corrected chi connectivity index (χ3v) is 6.71. The van der Waals surface area contributed by atoms with Gasteiger partial charge in [0, 0.05) is 16.0 Å². The number of anilines is 1. The molecule has 2 amide bonds. The summed E-state index contributed by atoms with van der Waals surface area (Å²) in [5, 5.41) is 6.95. The second-order valence-electron chi connectivity index (χ2n) is 8.72. The standard InChI is InChI=1S/C22H23N3O4S/c1-21(2)9-12-15(18(23)27)20(30-17(12)22(3,4)25-21)24-19(28)13-10-29-14-8-6-5-7-11(14)16(13)26/h5-8,10,25H,9H2,1-4H3,(H2,23,27)(H,24,28). The molecule has 0 atom stereocenters. The van der Waals surface area contributed by atoms with Crippen LogP contribution in [-0.4, -0.2) is 17.4 Å².